The molecular weight excluding hydrogens is 270 g/mol. The summed E-state index contributed by atoms with van der Waals surface area (Å²) in [4.78, 5) is 15.6. The number of nitrogens with zero attached hydrogens (tertiary/aromatic N) is 2. The Morgan fingerprint density at radius 1 is 1.24 bits per heavy atom. The SMILES string of the molecule is COC1CN(c2ccc(C(=O)N(C)C)cc2N)CC1OC. The molecule has 1 aliphatic rings. The summed E-state index contributed by atoms with van der Waals surface area (Å²) in [5.41, 5.74) is 8.21. The van der Waals surface area contributed by atoms with Crippen LogP contribution in [0.15, 0.2) is 18.2 Å². The van der Waals surface area contributed by atoms with Crippen LogP contribution >= 0.6 is 0 Å². The van der Waals surface area contributed by atoms with Gasteiger partial charge in [-0.15, -0.1) is 0 Å². The van der Waals surface area contributed by atoms with E-state index in [1.807, 2.05) is 6.07 Å². The number of carbonyl (C=O) groups is 1. The fourth-order valence-corrected chi connectivity index (χ4v) is 2.63. The van der Waals surface area contributed by atoms with Crippen LogP contribution in [0.1, 0.15) is 10.4 Å². The second-order valence-electron chi connectivity index (χ2n) is 5.43. The van der Waals surface area contributed by atoms with E-state index in [0.29, 0.717) is 11.3 Å². The highest BCUT2D eigenvalue weighted by molar-refractivity contribution is 5.95. The lowest BCUT2D eigenvalue weighted by atomic mass is 10.1. The molecule has 116 valence electrons. The lowest BCUT2D eigenvalue weighted by molar-refractivity contribution is -0.00461. The van der Waals surface area contributed by atoms with Crippen LogP contribution in [0.4, 0.5) is 11.4 Å². The molecule has 1 aromatic carbocycles. The molecule has 1 amide bonds. The van der Waals surface area contributed by atoms with Crippen molar-refractivity contribution >= 4 is 17.3 Å². The van der Waals surface area contributed by atoms with Crippen molar-refractivity contribution in [3.8, 4) is 0 Å². The zero-order valence-corrected chi connectivity index (χ0v) is 13.0. The van der Waals surface area contributed by atoms with E-state index in [2.05, 4.69) is 4.90 Å². The van der Waals surface area contributed by atoms with Crippen molar-refractivity contribution in [3.05, 3.63) is 23.8 Å². The topological polar surface area (TPSA) is 68.0 Å². The molecule has 0 aliphatic carbocycles. The molecule has 1 fully saturated rings. The summed E-state index contributed by atoms with van der Waals surface area (Å²) >= 11 is 0. The van der Waals surface area contributed by atoms with Crippen LogP contribution in [-0.2, 0) is 9.47 Å². The van der Waals surface area contributed by atoms with E-state index in [1.165, 1.54) is 4.90 Å². The van der Waals surface area contributed by atoms with Gasteiger partial charge in [0.25, 0.3) is 5.91 Å². The molecule has 0 spiro atoms. The average Bonchev–Trinajstić information content (AvgIpc) is 2.89. The Hall–Kier alpha value is -1.79. The molecule has 2 atom stereocenters. The predicted molar refractivity (Wildman–Crippen MR) is 82.7 cm³/mol. The fraction of sp³-hybridized carbons (Fsp3) is 0.533. The largest absolute Gasteiger partial charge is 0.397 e. The first-order valence-corrected chi connectivity index (χ1v) is 6.89. The van der Waals surface area contributed by atoms with E-state index in [1.54, 1.807) is 40.4 Å². The minimum absolute atomic E-state index is 0.0254. The van der Waals surface area contributed by atoms with E-state index in [-0.39, 0.29) is 18.1 Å². The maximum Gasteiger partial charge on any atom is 0.253 e. The number of nitrogen functional groups attached to an aromatic ring is 1. The van der Waals surface area contributed by atoms with Crippen molar-refractivity contribution in [1.29, 1.82) is 0 Å². The van der Waals surface area contributed by atoms with E-state index in [0.717, 1.165) is 18.8 Å². The minimum Gasteiger partial charge on any atom is -0.397 e. The van der Waals surface area contributed by atoms with Crippen molar-refractivity contribution in [2.75, 3.05) is 52.0 Å². The van der Waals surface area contributed by atoms with E-state index in [9.17, 15) is 4.79 Å². The summed E-state index contributed by atoms with van der Waals surface area (Å²) in [6.45, 7) is 1.44. The number of hydrogen-bond donors (Lipinski definition) is 1. The molecule has 1 heterocycles. The first kappa shape index (κ1) is 15.6. The molecule has 6 nitrogen and oxygen atoms in total. The summed E-state index contributed by atoms with van der Waals surface area (Å²) in [5, 5.41) is 0. The minimum atomic E-state index is -0.0563. The maximum absolute atomic E-state index is 11.9. The van der Waals surface area contributed by atoms with E-state index in [4.69, 9.17) is 15.2 Å². The number of carbonyl (C=O) groups excluding carboxylic acids is 1. The van der Waals surface area contributed by atoms with Crippen LogP contribution in [0.3, 0.4) is 0 Å². The molecule has 0 aromatic heterocycles. The Labute approximate surface area is 125 Å². The molecule has 0 bridgehead atoms. The highest BCUT2D eigenvalue weighted by Gasteiger charge is 2.33. The quantitative estimate of drug-likeness (QED) is 0.833. The number of anilines is 2. The van der Waals surface area contributed by atoms with Gasteiger partial charge in [-0.1, -0.05) is 0 Å². The average molecular weight is 293 g/mol. The fourth-order valence-electron chi connectivity index (χ4n) is 2.63. The third-order valence-corrected chi connectivity index (χ3v) is 3.84. The molecule has 1 aromatic rings. The molecule has 2 rings (SSSR count). The van der Waals surface area contributed by atoms with Gasteiger partial charge in [0, 0.05) is 47.0 Å². The third-order valence-electron chi connectivity index (χ3n) is 3.84. The summed E-state index contributed by atoms with van der Waals surface area (Å²) in [6.07, 6.45) is 0.0509. The van der Waals surface area contributed by atoms with Crippen LogP contribution in [0.25, 0.3) is 0 Å². The summed E-state index contributed by atoms with van der Waals surface area (Å²) in [6, 6.07) is 5.41. The third kappa shape index (κ3) is 3.11. The number of amides is 1. The van der Waals surface area contributed by atoms with Gasteiger partial charge >= 0.3 is 0 Å². The van der Waals surface area contributed by atoms with Crippen LogP contribution < -0.4 is 10.6 Å². The highest BCUT2D eigenvalue weighted by atomic mass is 16.5. The summed E-state index contributed by atoms with van der Waals surface area (Å²) in [7, 11) is 6.81. The molecule has 2 N–H and O–H groups in total. The van der Waals surface area contributed by atoms with Crippen LogP contribution in [-0.4, -0.2) is 64.4 Å². The second-order valence-corrected chi connectivity index (χ2v) is 5.43. The number of benzene rings is 1. The second kappa shape index (κ2) is 6.32. The first-order chi connectivity index (χ1) is 9.97. The van der Waals surface area contributed by atoms with Crippen LogP contribution in [0, 0.1) is 0 Å². The smallest absolute Gasteiger partial charge is 0.253 e. The molecular formula is C15H23N3O3. The van der Waals surface area contributed by atoms with Gasteiger partial charge in [-0.05, 0) is 18.2 Å². The number of ether oxygens (including phenoxy) is 2. The predicted octanol–water partition coefficient (Wildman–Crippen LogP) is 0.821. The monoisotopic (exact) mass is 293 g/mol. The zero-order chi connectivity index (χ0) is 15.6. The number of nitrogens with two attached hydrogens (primary N) is 1. The first-order valence-electron chi connectivity index (χ1n) is 6.89. The molecule has 0 radical (unpaired) electrons. The zero-order valence-electron chi connectivity index (χ0n) is 13.0. The maximum atomic E-state index is 11.9. The Bertz CT molecular complexity index is 507. The van der Waals surface area contributed by atoms with Gasteiger partial charge in [-0.3, -0.25) is 4.79 Å². The van der Waals surface area contributed by atoms with Gasteiger partial charge in [0.1, 0.15) is 12.2 Å². The Morgan fingerprint density at radius 2 is 1.81 bits per heavy atom. The molecule has 6 heteroatoms. The van der Waals surface area contributed by atoms with Gasteiger partial charge in [0.2, 0.25) is 0 Å². The van der Waals surface area contributed by atoms with Crippen LogP contribution in [0.2, 0.25) is 0 Å². The molecule has 0 saturated carbocycles. The van der Waals surface area contributed by atoms with Crippen molar-refractivity contribution in [2.24, 2.45) is 0 Å². The molecule has 1 saturated heterocycles. The number of methoxy groups -OCH3 is 2. The van der Waals surface area contributed by atoms with Crippen molar-refractivity contribution in [2.45, 2.75) is 12.2 Å². The number of hydrogen-bond acceptors (Lipinski definition) is 5. The molecule has 2 unspecified atom stereocenters. The van der Waals surface area contributed by atoms with Crippen LogP contribution in [0.5, 0.6) is 0 Å². The van der Waals surface area contributed by atoms with Gasteiger partial charge < -0.3 is 25.0 Å². The normalized spacial score (nSPS) is 21.6. The van der Waals surface area contributed by atoms with Gasteiger partial charge in [0.15, 0.2) is 0 Å². The molecule has 1 aliphatic heterocycles. The van der Waals surface area contributed by atoms with Gasteiger partial charge in [-0.2, -0.15) is 0 Å². The lowest BCUT2D eigenvalue weighted by Gasteiger charge is -2.21. The van der Waals surface area contributed by atoms with Gasteiger partial charge in [-0.25, -0.2) is 0 Å². The summed E-state index contributed by atoms with van der Waals surface area (Å²) in [5.74, 6) is -0.0563. The van der Waals surface area contributed by atoms with Crippen molar-refractivity contribution < 1.29 is 14.3 Å². The highest BCUT2D eigenvalue weighted by Crippen LogP contribution is 2.29. The lowest BCUT2D eigenvalue weighted by Crippen LogP contribution is -2.27. The summed E-state index contributed by atoms with van der Waals surface area (Å²) < 4.78 is 10.9. The van der Waals surface area contributed by atoms with E-state index < -0.39 is 0 Å². The van der Waals surface area contributed by atoms with Gasteiger partial charge in [0.05, 0.1) is 11.4 Å². The Morgan fingerprint density at radius 3 is 2.24 bits per heavy atom. The standard InChI is InChI=1S/C15H23N3O3/c1-17(2)15(19)10-5-6-12(11(16)7-10)18-8-13(20-3)14(9-18)21-4/h5-7,13-14H,8-9,16H2,1-4H3. The molecule has 21 heavy (non-hydrogen) atoms. The van der Waals surface area contributed by atoms with Crippen molar-refractivity contribution in [3.63, 3.8) is 0 Å². The number of rotatable bonds is 4. The van der Waals surface area contributed by atoms with E-state index >= 15 is 0 Å². The Kier molecular flexibility index (Phi) is 4.69. The van der Waals surface area contributed by atoms with Crippen molar-refractivity contribution in [1.82, 2.24) is 4.90 Å². The Balaban J connectivity index is 2.20.